The topological polar surface area (TPSA) is 45.3 Å². The SMILES string of the molecule is COc1ccc(OCCN(C)CC(=O)N2CCN(c3cccc(C)c3)CC2)cc1. The highest BCUT2D eigenvalue weighted by molar-refractivity contribution is 5.78. The number of piperazine rings is 1. The second-order valence-electron chi connectivity index (χ2n) is 7.47. The van der Waals surface area contributed by atoms with E-state index in [1.165, 1.54) is 11.3 Å². The van der Waals surface area contributed by atoms with Crippen molar-refractivity contribution in [1.29, 1.82) is 0 Å². The maximum absolute atomic E-state index is 12.6. The van der Waals surface area contributed by atoms with E-state index in [1.807, 2.05) is 41.1 Å². The average Bonchev–Trinajstić information content (AvgIpc) is 2.74. The van der Waals surface area contributed by atoms with Gasteiger partial charge in [0.2, 0.25) is 5.91 Å². The Hall–Kier alpha value is -2.73. The predicted molar refractivity (Wildman–Crippen MR) is 116 cm³/mol. The molecule has 1 amide bonds. The van der Waals surface area contributed by atoms with Gasteiger partial charge in [0.05, 0.1) is 13.7 Å². The van der Waals surface area contributed by atoms with Crippen LogP contribution in [0.3, 0.4) is 0 Å². The number of carbonyl (C=O) groups excluding carboxylic acids is 1. The summed E-state index contributed by atoms with van der Waals surface area (Å²) in [6.07, 6.45) is 0. The van der Waals surface area contributed by atoms with Crippen molar-refractivity contribution in [1.82, 2.24) is 9.80 Å². The Morgan fingerprint density at radius 2 is 1.72 bits per heavy atom. The minimum atomic E-state index is 0.181. The summed E-state index contributed by atoms with van der Waals surface area (Å²) in [5.41, 5.74) is 2.50. The van der Waals surface area contributed by atoms with Gasteiger partial charge in [0.1, 0.15) is 18.1 Å². The first-order valence-electron chi connectivity index (χ1n) is 10.1. The summed E-state index contributed by atoms with van der Waals surface area (Å²) in [7, 11) is 3.60. The number of likely N-dealkylation sites (N-methyl/N-ethyl adjacent to an activating group) is 1. The van der Waals surface area contributed by atoms with Crippen LogP contribution < -0.4 is 14.4 Å². The molecule has 0 atom stereocenters. The van der Waals surface area contributed by atoms with Crippen LogP contribution in [0.2, 0.25) is 0 Å². The molecule has 29 heavy (non-hydrogen) atoms. The van der Waals surface area contributed by atoms with E-state index in [0.717, 1.165) is 37.7 Å². The number of hydrogen-bond donors (Lipinski definition) is 0. The molecule has 0 unspecified atom stereocenters. The minimum Gasteiger partial charge on any atom is -0.497 e. The fourth-order valence-electron chi connectivity index (χ4n) is 3.44. The lowest BCUT2D eigenvalue weighted by Gasteiger charge is -2.36. The maximum atomic E-state index is 12.6. The highest BCUT2D eigenvalue weighted by Gasteiger charge is 2.22. The third kappa shape index (κ3) is 6.12. The normalized spacial score (nSPS) is 14.2. The molecule has 0 spiro atoms. The smallest absolute Gasteiger partial charge is 0.236 e. The average molecular weight is 398 g/mol. The molecule has 6 nitrogen and oxygen atoms in total. The van der Waals surface area contributed by atoms with Crippen molar-refractivity contribution in [3.8, 4) is 11.5 Å². The first kappa shape index (κ1) is 21.0. The molecular formula is C23H31N3O3. The number of anilines is 1. The molecule has 0 bridgehead atoms. The number of nitrogens with zero attached hydrogens (tertiary/aromatic N) is 3. The van der Waals surface area contributed by atoms with Crippen molar-refractivity contribution < 1.29 is 14.3 Å². The van der Waals surface area contributed by atoms with Crippen molar-refractivity contribution >= 4 is 11.6 Å². The molecule has 3 rings (SSSR count). The Balaban J connectivity index is 1.37. The van der Waals surface area contributed by atoms with Gasteiger partial charge in [-0.15, -0.1) is 0 Å². The van der Waals surface area contributed by atoms with Crippen LogP contribution in [0.4, 0.5) is 5.69 Å². The van der Waals surface area contributed by atoms with E-state index in [1.54, 1.807) is 7.11 Å². The fourth-order valence-corrected chi connectivity index (χ4v) is 3.44. The van der Waals surface area contributed by atoms with Crippen LogP contribution in [0.25, 0.3) is 0 Å². The van der Waals surface area contributed by atoms with Crippen LogP contribution in [-0.2, 0) is 4.79 Å². The van der Waals surface area contributed by atoms with Crippen LogP contribution in [0.5, 0.6) is 11.5 Å². The molecule has 1 aliphatic heterocycles. The minimum absolute atomic E-state index is 0.181. The van der Waals surface area contributed by atoms with Crippen molar-refractivity contribution in [2.45, 2.75) is 6.92 Å². The standard InChI is InChI=1S/C23H31N3O3/c1-19-5-4-6-20(17-19)25-11-13-26(14-12-25)23(27)18-24(2)15-16-29-22-9-7-21(28-3)8-10-22/h4-10,17H,11-16,18H2,1-3H3. The van der Waals surface area contributed by atoms with Crippen molar-refractivity contribution in [3.63, 3.8) is 0 Å². The number of carbonyl (C=O) groups is 1. The lowest BCUT2D eigenvalue weighted by Crippen LogP contribution is -2.51. The molecule has 156 valence electrons. The van der Waals surface area contributed by atoms with Gasteiger partial charge < -0.3 is 19.3 Å². The summed E-state index contributed by atoms with van der Waals surface area (Å²) in [6.45, 7) is 7.04. The quantitative estimate of drug-likeness (QED) is 0.685. The molecule has 1 heterocycles. The van der Waals surface area contributed by atoms with Crippen LogP contribution in [0.1, 0.15) is 5.56 Å². The molecule has 2 aromatic rings. The molecule has 1 fully saturated rings. The Bertz CT molecular complexity index is 786. The van der Waals surface area contributed by atoms with Crippen molar-refractivity contribution in [3.05, 3.63) is 54.1 Å². The number of benzene rings is 2. The zero-order valence-electron chi connectivity index (χ0n) is 17.6. The molecular weight excluding hydrogens is 366 g/mol. The predicted octanol–water partition coefficient (Wildman–Crippen LogP) is 2.66. The zero-order valence-corrected chi connectivity index (χ0v) is 17.6. The monoisotopic (exact) mass is 397 g/mol. The molecule has 0 aromatic heterocycles. The van der Waals surface area contributed by atoms with Gasteiger partial charge in [-0.05, 0) is 55.9 Å². The lowest BCUT2D eigenvalue weighted by molar-refractivity contribution is -0.132. The highest BCUT2D eigenvalue weighted by Crippen LogP contribution is 2.18. The second-order valence-corrected chi connectivity index (χ2v) is 7.47. The van der Waals surface area contributed by atoms with Gasteiger partial charge in [0.25, 0.3) is 0 Å². The van der Waals surface area contributed by atoms with E-state index in [9.17, 15) is 4.79 Å². The zero-order chi connectivity index (χ0) is 20.6. The molecule has 0 radical (unpaired) electrons. The number of rotatable bonds is 8. The number of methoxy groups -OCH3 is 1. The van der Waals surface area contributed by atoms with Gasteiger partial charge in [-0.1, -0.05) is 12.1 Å². The molecule has 1 saturated heterocycles. The molecule has 6 heteroatoms. The summed E-state index contributed by atoms with van der Waals surface area (Å²) < 4.78 is 10.9. The summed E-state index contributed by atoms with van der Waals surface area (Å²) in [6, 6.07) is 16.1. The van der Waals surface area contributed by atoms with Gasteiger partial charge in [0, 0.05) is 38.4 Å². The number of amides is 1. The van der Waals surface area contributed by atoms with E-state index in [0.29, 0.717) is 19.7 Å². The molecule has 0 aliphatic carbocycles. The Labute approximate surface area is 173 Å². The van der Waals surface area contributed by atoms with E-state index < -0.39 is 0 Å². The first-order chi connectivity index (χ1) is 14.0. The van der Waals surface area contributed by atoms with Gasteiger partial charge in [-0.2, -0.15) is 0 Å². The number of aryl methyl sites for hydroxylation is 1. The summed E-state index contributed by atoms with van der Waals surface area (Å²) in [4.78, 5) is 18.9. The van der Waals surface area contributed by atoms with Crippen molar-refractivity contribution in [2.24, 2.45) is 0 Å². The lowest BCUT2D eigenvalue weighted by atomic mass is 10.2. The van der Waals surface area contributed by atoms with Gasteiger partial charge >= 0.3 is 0 Å². The fraction of sp³-hybridized carbons (Fsp3) is 0.435. The summed E-state index contributed by atoms with van der Waals surface area (Å²) in [5.74, 6) is 1.79. The van der Waals surface area contributed by atoms with Crippen LogP contribution in [0.15, 0.2) is 48.5 Å². The third-order valence-corrected chi connectivity index (χ3v) is 5.21. The van der Waals surface area contributed by atoms with E-state index in [4.69, 9.17) is 9.47 Å². The van der Waals surface area contributed by atoms with Gasteiger partial charge in [-0.3, -0.25) is 9.69 Å². The maximum Gasteiger partial charge on any atom is 0.236 e. The Morgan fingerprint density at radius 1 is 1.03 bits per heavy atom. The largest absolute Gasteiger partial charge is 0.497 e. The van der Waals surface area contributed by atoms with Crippen LogP contribution >= 0.6 is 0 Å². The van der Waals surface area contributed by atoms with Crippen LogP contribution in [-0.4, -0.2) is 75.7 Å². The summed E-state index contributed by atoms with van der Waals surface area (Å²) in [5, 5.41) is 0. The second kappa shape index (κ2) is 10.2. The molecule has 1 aliphatic rings. The van der Waals surface area contributed by atoms with E-state index in [-0.39, 0.29) is 5.91 Å². The van der Waals surface area contributed by atoms with E-state index >= 15 is 0 Å². The third-order valence-electron chi connectivity index (χ3n) is 5.21. The molecule has 0 N–H and O–H groups in total. The molecule has 0 saturated carbocycles. The number of ether oxygens (including phenoxy) is 2. The molecule has 2 aromatic carbocycles. The van der Waals surface area contributed by atoms with Gasteiger partial charge in [0.15, 0.2) is 0 Å². The Morgan fingerprint density at radius 3 is 2.38 bits per heavy atom. The van der Waals surface area contributed by atoms with Crippen molar-refractivity contribution in [2.75, 3.05) is 64.9 Å². The summed E-state index contributed by atoms with van der Waals surface area (Å²) >= 11 is 0. The highest BCUT2D eigenvalue weighted by atomic mass is 16.5. The van der Waals surface area contributed by atoms with Gasteiger partial charge in [-0.25, -0.2) is 0 Å². The van der Waals surface area contributed by atoms with Crippen LogP contribution in [0, 0.1) is 6.92 Å². The number of hydrogen-bond acceptors (Lipinski definition) is 5. The van der Waals surface area contributed by atoms with E-state index in [2.05, 4.69) is 36.1 Å². The Kier molecular flexibility index (Phi) is 7.36. The first-order valence-corrected chi connectivity index (χ1v) is 10.1.